The number of amides is 1. The number of methoxy groups -OCH3 is 1. The second-order valence-electron chi connectivity index (χ2n) is 4.65. The first-order valence-electron chi connectivity index (χ1n) is 6.54. The lowest BCUT2D eigenvalue weighted by Gasteiger charge is -2.23. The van der Waals surface area contributed by atoms with E-state index in [9.17, 15) is 13.2 Å². The van der Waals surface area contributed by atoms with Gasteiger partial charge in [-0.05, 0) is 31.5 Å². The number of fused-ring (bicyclic) bond motifs is 1. The van der Waals surface area contributed by atoms with Crippen LogP contribution in [0.5, 0.6) is 5.75 Å². The fourth-order valence-electron chi connectivity index (χ4n) is 1.86. The minimum absolute atomic E-state index is 0.0807. The average molecular weight is 314 g/mol. The van der Waals surface area contributed by atoms with E-state index in [1.165, 1.54) is 18.2 Å². The number of ether oxygens (including phenoxy) is 2. The van der Waals surface area contributed by atoms with E-state index in [2.05, 4.69) is 10.0 Å². The van der Waals surface area contributed by atoms with E-state index in [-0.39, 0.29) is 17.3 Å². The van der Waals surface area contributed by atoms with Crippen molar-refractivity contribution in [1.82, 2.24) is 4.72 Å². The molecule has 2 rings (SSSR count). The Balaban J connectivity index is 2.14. The van der Waals surface area contributed by atoms with Gasteiger partial charge in [0.2, 0.25) is 10.0 Å². The molecule has 0 radical (unpaired) electrons. The molecule has 0 bridgehead atoms. The van der Waals surface area contributed by atoms with Crippen molar-refractivity contribution in [1.29, 1.82) is 0 Å². The van der Waals surface area contributed by atoms with E-state index in [0.29, 0.717) is 24.5 Å². The van der Waals surface area contributed by atoms with Crippen molar-refractivity contribution in [3.05, 3.63) is 18.2 Å². The Hall–Kier alpha value is -1.64. The van der Waals surface area contributed by atoms with Gasteiger partial charge in [0.25, 0.3) is 5.91 Å². The Labute approximate surface area is 123 Å². The van der Waals surface area contributed by atoms with Crippen LogP contribution >= 0.6 is 0 Å². The van der Waals surface area contributed by atoms with E-state index < -0.39 is 16.1 Å². The summed E-state index contributed by atoms with van der Waals surface area (Å²) in [5.41, 5.74) is 0.359. The zero-order chi connectivity index (χ0) is 15.5. The maximum atomic E-state index is 12.1. The van der Waals surface area contributed by atoms with Crippen LogP contribution in [-0.4, -0.2) is 40.7 Å². The smallest absolute Gasteiger partial charge is 0.265 e. The molecule has 1 aliphatic rings. The van der Waals surface area contributed by atoms with Gasteiger partial charge in [-0.15, -0.1) is 0 Å². The van der Waals surface area contributed by atoms with Crippen molar-refractivity contribution >= 4 is 21.6 Å². The number of rotatable bonds is 6. The molecule has 2 N–H and O–H groups in total. The molecule has 7 nitrogen and oxygen atoms in total. The molecule has 0 aliphatic carbocycles. The topological polar surface area (TPSA) is 93.7 Å². The molecule has 1 aromatic rings. The maximum absolute atomic E-state index is 12.1. The lowest BCUT2D eigenvalue weighted by atomic mass is 10.2. The molecule has 0 aromatic heterocycles. The van der Waals surface area contributed by atoms with Crippen LogP contribution in [0.25, 0.3) is 0 Å². The van der Waals surface area contributed by atoms with Gasteiger partial charge in [-0.2, -0.15) is 0 Å². The highest BCUT2D eigenvalue weighted by molar-refractivity contribution is 7.89. The number of carbonyl (C=O) groups is 1. The van der Waals surface area contributed by atoms with Crippen molar-refractivity contribution in [3.63, 3.8) is 0 Å². The van der Waals surface area contributed by atoms with Gasteiger partial charge in [-0.25, -0.2) is 13.1 Å². The van der Waals surface area contributed by atoms with Gasteiger partial charge in [0.15, 0.2) is 6.10 Å². The Kier molecular flexibility index (Phi) is 4.81. The van der Waals surface area contributed by atoms with Gasteiger partial charge in [0.05, 0.1) is 10.6 Å². The predicted octanol–water partition coefficient (Wildman–Crippen LogP) is 0.721. The standard InChI is InChI=1S/C13H18N2O5S/c1-9-13(16)15-11-8-10(4-5-12(11)20-9)21(17,18)14-6-3-7-19-2/h4-5,8-9,14H,3,6-7H2,1-2H3,(H,15,16)/t9-/m1/s1. The summed E-state index contributed by atoms with van der Waals surface area (Å²) in [6.45, 7) is 2.39. The van der Waals surface area contributed by atoms with Crippen molar-refractivity contribution in [2.24, 2.45) is 0 Å². The predicted molar refractivity (Wildman–Crippen MR) is 76.8 cm³/mol. The molecule has 0 spiro atoms. The molecule has 1 aliphatic heterocycles. The number of anilines is 1. The molecule has 0 saturated carbocycles. The highest BCUT2D eigenvalue weighted by Gasteiger charge is 2.25. The van der Waals surface area contributed by atoms with Crippen LogP contribution in [0.4, 0.5) is 5.69 Å². The molecule has 1 amide bonds. The quantitative estimate of drug-likeness (QED) is 0.755. The fourth-order valence-corrected chi connectivity index (χ4v) is 2.96. The third kappa shape index (κ3) is 3.72. The van der Waals surface area contributed by atoms with E-state index in [1.54, 1.807) is 14.0 Å². The molecule has 0 saturated heterocycles. The Morgan fingerprint density at radius 3 is 2.90 bits per heavy atom. The third-order valence-corrected chi connectivity index (χ3v) is 4.47. The summed E-state index contributed by atoms with van der Waals surface area (Å²) in [4.78, 5) is 11.6. The zero-order valence-electron chi connectivity index (χ0n) is 11.9. The Morgan fingerprint density at radius 1 is 1.43 bits per heavy atom. The lowest BCUT2D eigenvalue weighted by molar-refractivity contribution is -0.122. The van der Waals surface area contributed by atoms with E-state index in [4.69, 9.17) is 9.47 Å². The fraction of sp³-hybridized carbons (Fsp3) is 0.462. The minimum atomic E-state index is -3.62. The summed E-state index contributed by atoms with van der Waals surface area (Å²) in [7, 11) is -2.06. The second kappa shape index (κ2) is 6.42. The monoisotopic (exact) mass is 314 g/mol. The van der Waals surface area contributed by atoms with Crippen LogP contribution in [0.3, 0.4) is 0 Å². The van der Waals surface area contributed by atoms with Crippen molar-refractivity contribution in [2.75, 3.05) is 25.6 Å². The minimum Gasteiger partial charge on any atom is -0.479 e. The summed E-state index contributed by atoms with van der Waals surface area (Å²) in [6, 6.07) is 4.37. The zero-order valence-corrected chi connectivity index (χ0v) is 12.7. The summed E-state index contributed by atoms with van der Waals surface area (Å²) in [5, 5.41) is 2.62. The summed E-state index contributed by atoms with van der Waals surface area (Å²) < 4.78 is 37.0. The highest BCUT2D eigenvalue weighted by Crippen LogP contribution is 2.31. The largest absolute Gasteiger partial charge is 0.479 e. The van der Waals surface area contributed by atoms with Crippen molar-refractivity contribution in [3.8, 4) is 5.75 Å². The summed E-state index contributed by atoms with van der Waals surface area (Å²) in [6.07, 6.45) is -0.00924. The van der Waals surface area contributed by atoms with Gasteiger partial charge < -0.3 is 14.8 Å². The highest BCUT2D eigenvalue weighted by atomic mass is 32.2. The number of carbonyl (C=O) groups excluding carboxylic acids is 1. The number of hydrogen-bond donors (Lipinski definition) is 2. The van der Waals surface area contributed by atoms with E-state index in [1.807, 2.05) is 0 Å². The molecule has 21 heavy (non-hydrogen) atoms. The van der Waals surface area contributed by atoms with Gasteiger partial charge in [0.1, 0.15) is 5.75 Å². The van der Waals surface area contributed by atoms with Crippen LogP contribution in [0, 0.1) is 0 Å². The average Bonchev–Trinajstić information content (AvgIpc) is 2.44. The summed E-state index contributed by atoms with van der Waals surface area (Å²) >= 11 is 0. The lowest BCUT2D eigenvalue weighted by Crippen LogP contribution is -2.34. The number of sulfonamides is 1. The first-order valence-corrected chi connectivity index (χ1v) is 8.02. The number of hydrogen-bond acceptors (Lipinski definition) is 5. The molecule has 1 atom stereocenters. The van der Waals surface area contributed by atoms with E-state index in [0.717, 1.165) is 0 Å². The molecular formula is C13H18N2O5S. The first-order chi connectivity index (χ1) is 9.94. The molecule has 116 valence electrons. The molecule has 1 heterocycles. The maximum Gasteiger partial charge on any atom is 0.265 e. The first kappa shape index (κ1) is 15.7. The normalized spacial score (nSPS) is 17.8. The number of nitrogens with one attached hydrogen (secondary N) is 2. The van der Waals surface area contributed by atoms with Crippen LogP contribution in [0.1, 0.15) is 13.3 Å². The Morgan fingerprint density at radius 2 is 2.19 bits per heavy atom. The molecule has 1 aromatic carbocycles. The van der Waals surface area contributed by atoms with Gasteiger partial charge in [0, 0.05) is 20.3 Å². The molecule has 0 fully saturated rings. The molecule has 0 unspecified atom stereocenters. The van der Waals surface area contributed by atoms with Crippen molar-refractivity contribution in [2.45, 2.75) is 24.3 Å². The van der Waals surface area contributed by atoms with Crippen LogP contribution in [-0.2, 0) is 19.6 Å². The van der Waals surface area contributed by atoms with Gasteiger partial charge in [-0.1, -0.05) is 0 Å². The Bertz CT molecular complexity index is 629. The van der Waals surface area contributed by atoms with Gasteiger partial charge >= 0.3 is 0 Å². The molecular weight excluding hydrogens is 296 g/mol. The van der Waals surface area contributed by atoms with E-state index >= 15 is 0 Å². The molecule has 8 heteroatoms. The van der Waals surface area contributed by atoms with Crippen molar-refractivity contribution < 1.29 is 22.7 Å². The number of benzene rings is 1. The van der Waals surface area contributed by atoms with Gasteiger partial charge in [-0.3, -0.25) is 4.79 Å². The third-order valence-electron chi connectivity index (χ3n) is 3.01. The van der Waals surface area contributed by atoms with Crippen LogP contribution < -0.4 is 14.8 Å². The summed E-state index contributed by atoms with van der Waals surface area (Å²) in [5.74, 6) is 0.158. The second-order valence-corrected chi connectivity index (χ2v) is 6.42. The van der Waals surface area contributed by atoms with Crippen LogP contribution in [0.15, 0.2) is 23.1 Å². The van der Waals surface area contributed by atoms with Crippen LogP contribution in [0.2, 0.25) is 0 Å². The SMILES string of the molecule is COCCCNS(=O)(=O)c1ccc2c(c1)NC(=O)[C@@H](C)O2.